The van der Waals surface area contributed by atoms with Gasteiger partial charge < -0.3 is 5.32 Å². The number of nitrogens with one attached hydrogen (secondary N) is 1. The van der Waals surface area contributed by atoms with Gasteiger partial charge in [0.25, 0.3) is 0 Å². The molecule has 2 rings (SSSR count). The maximum Gasteiger partial charge on any atom is 0.220 e. The van der Waals surface area contributed by atoms with E-state index >= 15 is 0 Å². The van der Waals surface area contributed by atoms with E-state index in [0.29, 0.717) is 11.6 Å². The zero-order chi connectivity index (χ0) is 19.6. The van der Waals surface area contributed by atoms with Crippen LogP contribution >= 0.6 is 0 Å². The van der Waals surface area contributed by atoms with Crippen LogP contribution < -0.4 is 5.32 Å². The van der Waals surface area contributed by atoms with Crippen LogP contribution in [-0.4, -0.2) is 40.2 Å². The predicted molar refractivity (Wildman–Crippen MR) is 107 cm³/mol. The van der Waals surface area contributed by atoms with Gasteiger partial charge in [-0.1, -0.05) is 30.3 Å². The van der Waals surface area contributed by atoms with Crippen LogP contribution in [0.3, 0.4) is 0 Å². The SMILES string of the molecule is CC(CN(Cc1ccccc1)C(C)C)NC(=O)CCC(=O)c1cccnc1. The summed E-state index contributed by atoms with van der Waals surface area (Å²) in [6.07, 6.45) is 3.55. The van der Waals surface area contributed by atoms with E-state index in [9.17, 15) is 9.59 Å². The molecule has 0 fully saturated rings. The van der Waals surface area contributed by atoms with Crippen LogP contribution in [-0.2, 0) is 11.3 Å². The molecular weight excluding hydrogens is 338 g/mol. The van der Waals surface area contributed by atoms with Crippen molar-refractivity contribution in [2.24, 2.45) is 0 Å². The van der Waals surface area contributed by atoms with Crippen LogP contribution in [0.1, 0.15) is 49.5 Å². The molecule has 1 amide bonds. The second kappa shape index (κ2) is 10.6. The van der Waals surface area contributed by atoms with Gasteiger partial charge in [-0.05, 0) is 38.5 Å². The number of ketones is 1. The Balaban J connectivity index is 1.79. The van der Waals surface area contributed by atoms with E-state index in [2.05, 4.69) is 41.2 Å². The molecule has 0 aliphatic carbocycles. The van der Waals surface area contributed by atoms with Gasteiger partial charge in [-0.2, -0.15) is 0 Å². The van der Waals surface area contributed by atoms with E-state index in [1.54, 1.807) is 18.3 Å². The molecule has 2 aromatic rings. The molecule has 1 N–H and O–H groups in total. The summed E-state index contributed by atoms with van der Waals surface area (Å²) < 4.78 is 0. The zero-order valence-electron chi connectivity index (χ0n) is 16.4. The summed E-state index contributed by atoms with van der Waals surface area (Å²) in [4.78, 5) is 30.6. The molecule has 1 aromatic heterocycles. The topological polar surface area (TPSA) is 62.3 Å². The molecule has 27 heavy (non-hydrogen) atoms. The molecule has 1 unspecified atom stereocenters. The Hall–Kier alpha value is -2.53. The average Bonchev–Trinajstić information content (AvgIpc) is 2.67. The molecule has 1 atom stereocenters. The summed E-state index contributed by atoms with van der Waals surface area (Å²) in [7, 11) is 0. The van der Waals surface area contributed by atoms with Crippen molar-refractivity contribution >= 4 is 11.7 Å². The number of carbonyl (C=O) groups excluding carboxylic acids is 2. The first-order valence-electron chi connectivity index (χ1n) is 9.46. The number of Topliss-reactive ketones (excluding diaryl/α,β-unsaturated/α-hetero) is 1. The average molecular weight is 367 g/mol. The van der Waals surface area contributed by atoms with Crippen molar-refractivity contribution < 1.29 is 9.59 Å². The van der Waals surface area contributed by atoms with E-state index in [0.717, 1.165) is 13.1 Å². The number of carbonyl (C=O) groups is 2. The maximum atomic E-state index is 12.2. The molecule has 0 radical (unpaired) electrons. The standard InChI is InChI=1S/C22H29N3O2/c1-17(2)25(16-19-8-5-4-6-9-19)15-18(3)24-22(27)12-11-21(26)20-10-7-13-23-14-20/h4-10,13-14,17-18H,11-12,15-16H2,1-3H3,(H,24,27). The van der Waals surface area contributed by atoms with Crippen molar-refractivity contribution in [2.45, 2.75) is 52.2 Å². The first-order chi connectivity index (χ1) is 13.0. The minimum atomic E-state index is -0.0943. The number of hydrogen-bond acceptors (Lipinski definition) is 4. The van der Waals surface area contributed by atoms with Gasteiger partial charge in [-0.25, -0.2) is 0 Å². The van der Waals surface area contributed by atoms with Crippen LogP contribution in [0.5, 0.6) is 0 Å². The third-order valence-corrected chi connectivity index (χ3v) is 4.44. The van der Waals surface area contributed by atoms with Gasteiger partial charge >= 0.3 is 0 Å². The lowest BCUT2D eigenvalue weighted by Crippen LogP contribution is -2.44. The van der Waals surface area contributed by atoms with Gasteiger partial charge in [0.15, 0.2) is 5.78 Å². The van der Waals surface area contributed by atoms with Gasteiger partial charge in [0.2, 0.25) is 5.91 Å². The maximum absolute atomic E-state index is 12.2. The number of pyridine rings is 1. The van der Waals surface area contributed by atoms with Gasteiger partial charge in [-0.3, -0.25) is 19.5 Å². The van der Waals surface area contributed by atoms with Crippen LogP contribution in [0.25, 0.3) is 0 Å². The van der Waals surface area contributed by atoms with Crippen LogP contribution in [0.15, 0.2) is 54.9 Å². The van der Waals surface area contributed by atoms with Crippen LogP contribution in [0.2, 0.25) is 0 Å². The highest BCUT2D eigenvalue weighted by Crippen LogP contribution is 2.09. The Kier molecular flexibility index (Phi) is 8.14. The molecule has 0 aliphatic rings. The first kappa shape index (κ1) is 20.8. The molecule has 0 spiro atoms. The molecule has 1 heterocycles. The minimum absolute atomic E-state index is 0.0112. The zero-order valence-corrected chi connectivity index (χ0v) is 16.4. The quantitative estimate of drug-likeness (QED) is 0.653. The molecule has 5 heteroatoms. The third-order valence-electron chi connectivity index (χ3n) is 4.44. The fraction of sp³-hybridized carbons (Fsp3) is 0.409. The fourth-order valence-electron chi connectivity index (χ4n) is 2.92. The Morgan fingerprint density at radius 1 is 1.04 bits per heavy atom. The summed E-state index contributed by atoms with van der Waals surface area (Å²) in [5.74, 6) is -0.151. The molecular formula is C22H29N3O2. The molecule has 0 aliphatic heterocycles. The largest absolute Gasteiger partial charge is 0.352 e. The van der Waals surface area contributed by atoms with Crippen molar-refractivity contribution in [2.75, 3.05) is 6.54 Å². The summed E-state index contributed by atoms with van der Waals surface area (Å²) >= 11 is 0. The molecule has 144 valence electrons. The van der Waals surface area contributed by atoms with Crippen LogP contribution in [0.4, 0.5) is 0 Å². The fourth-order valence-corrected chi connectivity index (χ4v) is 2.92. The van der Waals surface area contributed by atoms with E-state index < -0.39 is 0 Å². The van der Waals surface area contributed by atoms with Crippen LogP contribution in [0, 0.1) is 0 Å². The third kappa shape index (κ3) is 7.31. The number of amides is 1. The van der Waals surface area contributed by atoms with Crippen molar-refractivity contribution in [1.29, 1.82) is 0 Å². The Labute approximate surface area is 161 Å². The predicted octanol–water partition coefficient (Wildman–Crippen LogP) is 3.46. The molecule has 0 bridgehead atoms. The van der Waals surface area contributed by atoms with Crippen molar-refractivity contribution in [1.82, 2.24) is 15.2 Å². The highest BCUT2D eigenvalue weighted by molar-refractivity contribution is 5.97. The minimum Gasteiger partial charge on any atom is -0.352 e. The first-order valence-corrected chi connectivity index (χ1v) is 9.46. The summed E-state index contributed by atoms with van der Waals surface area (Å²) in [5.41, 5.74) is 1.80. The molecule has 0 saturated heterocycles. The van der Waals surface area contributed by atoms with Crippen molar-refractivity contribution in [3.63, 3.8) is 0 Å². The number of benzene rings is 1. The number of hydrogen-bond donors (Lipinski definition) is 1. The smallest absolute Gasteiger partial charge is 0.220 e. The lowest BCUT2D eigenvalue weighted by molar-refractivity contribution is -0.121. The number of rotatable bonds is 10. The molecule has 0 saturated carbocycles. The Morgan fingerprint density at radius 3 is 2.41 bits per heavy atom. The van der Waals surface area contributed by atoms with E-state index in [1.165, 1.54) is 11.8 Å². The second-order valence-electron chi connectivity index (χ2n) is 7.14. The number of nitrogens with zero attached hydrogens (tertiary/aromatic N) is 2. The van der Waals surface area contributed by atoms with Crippen molar-refractivity contribution in [3.05, 3.63) is 66.0 Å². The van der Waals surface area contributed by atoms with Gasteiger partial charge in [-0.15, -0.1) is 0 Å². The molecule has 5 nitrogen and oxygen atoms in total. The highest BCUT2D eigenvalue weighted by atomic mass is 16.2. The Bertz CT molecular complexity index is 717. The van der Waals surface area contributed by atoms with E-state index in [-0.39, 0.29) is 30.6 Å². The highest BCUT2D eigenvalue weighted by Gasteiger charge is 2.16. The monoisotopic (exact) mass is 367 g/mol. The lowest BCUT2D eigenvalue weighted by atomic mass is 10.1. The normalized spacial score (nSPS) is 12.2. The lowest BCUT2D eigenvalue weighted by Gasteiger charge is -2.29. The van der Waals surface area contributed by atoms with E-state index in [4.69, 9.17) is 0 Å². The van der Waals surface area contributed by atoms with Gasteiger partial charge in [0.1, 0.15) is 0 Å². The number of aromatic nitrogens is 1. The molecule has 1 aromatic carbocycles. The summed E-state index contributed by atoms with van der Waals surface area (Å²) in [6.45, 7) is 7.92. The van der Waals surface area contributed by atoms with E-state index in [1.807, 2.05) is 25.1 Å². The summed E-state index contributed by atoms with van der Waals surface area (Å²) in [6, 6.07) is 14.2. The summed E-state index contributed by atoms with van der Waals surface area (Å²) in [5, 5.41) is 3.01. The Morgan fingerprint density at radius 2 is 1.78 bits per heavy atom. The van der Waals surface area contributed by atoms with Crippen molar-refractivity contribution in [3.8, 4) is 0 Å². The second-order valence-corrected chi connectivity index (χ2v) is 7.14. The van der Waals surface area contributed by atoms with Gasteiger partial charge in [0.05, 0.1) is 0 Å². The van der Waals surface area contributed by atoms with Gasteiger partial charge in [0, 0.05) is 56.0 Å².